The van der Waals surface area contributed by atoms with Crippen molar-refractivity contribution in [3.63, 3.8) is 0 Å². The predicted molar refractivity (Wildman–Crippen MR) is 23.2 cm³/mol. The molecule has 0 saturated heterocycles. The Morgan fingerprint density at radius 2 is 3.00 bits per heavy atom. The summed E-state index contributed by atoms with van der Waals surface area (Å²) in [7, 11) is 0.215. The fourth-order valence-corrected chi connectivity index (χ4v) is 0.300. The number of hydrogen-bond donors (Lipinski definition) is 0. The van der Waals surface area contributed by atoms with Crippen molar-refractivity contribution in [3.8, 4) is 0 Å². The van der Waals surface area contributed by atoms with E-state index in [1.54, 1.807) is 23.1 Å². The van der Waals surface area contributed by atoms with E-state index < -0.39 is 0 Å². The summed E-state index contributed by atoms with van der Waals surface area (Å²) in [5.41, 5.74) is 0. The highest BCUT2D eigenvalue weighted by atomic mass is 15.2. The molecule has 0 fully saturated rings. The molecule has 0 aliphatic heterocycles. The lowest BCUT2D eigenvalue weighted by Crippen LogP contribution is -1.83. The molecule has 0 aromatic carbocycles. The van der Waals surface area contributed by atoms with Gasteiger partial charge in [-0.15, -0.1) is 0 Å². The molecule has 1 rings (SSSR count). The first-order valence-corrected chi connectivity index (χ1v) is 1.70. The first-order valence-electron chi connectivity index (χ1n) is 2.41. The summed E-state index contributed by atoms with van der Waals surface area (Å²) in [6.45, 7) is 0. The van der Waals surface area contributed by atoms with Gasteiger partial charge in [0.15, 0.2) is 0 Å². The van der Waals surface area contributed by atoms with Crippen LogP contribution in [0.15, 0.2) is 18.5 Å². The van der Waals surface area contributed by atoms with E-state index in [1.165, 1.54) is 0 Å². The molecule has 0 unspecified atom stereocenters. The van der Waals surface area contributed by atoms with Crippen LogP contribution in [-0.2, 0) is 7.02 Å². The molecule has 2 nitrogen and oxygen atoms in total. The van der Waals surface area contributed by atoms with Gasteiger partial charge in [-0.25, -0.2) is 0 Å². The van der Waals surface area contributed by atoms with Crippen molar-refractivity contribution in [2.45, 2.75) is 0 Å². The van der Waals surface area contributed by atoms with E-state index >= 15 is 0 Å². The van der Waals surface area contributed by atoms with Crippen LogP contribution in [0, 0.1) is 0 Å². The fraction of sp³-hybridized carbons (Fsp3) is 0.250. The van der Waals surface area contributed by atoms with Crippen LogP contribution in [0.2, 0.25) is 0 Å². The first kappa shape index (κ1) is 2.39. The molecule has 1 heterocycles. The van der Waals surface area contributed by atoms with E-state index in [1.807, 2.05) is 0 Å². The van der Waals surface area contributed by atoms with Crippen molar-refractivity contribution >= 4 is 0 Å². The van der Waals surface area contributed by atoms with E-state index in [9.17, 15) is 0 Å². The van der Waals surface area contributed by atoms with Gasteiger partial charge in [-0.05, 0) is 6.07 Å². The smallest absolute Gasteiger partial charge is 0.0489 e. The van der Waals surface area contributed by atoms with Crippen LogP contribution in [0.4, 0.5) is 0 Å². The van der Waals surface area contributed by atoms with Crippen molar-refractivity contribution < 1.29 is 1.37 Å². The van der Waals surface area contributed by atoms with Crippen LogP contribution in [0.1, 0.15) is 1.37 Å². The largest absolute Gasteiger partial charge is 0.276 e. The highest BCUT2D eigenvalue weighted by molar-refractivity contribution is 4.75. The Hall–Kier alpha value is -0.790. The molecule has 0 aliphatic carbocycles. The van der Waals surface area contributed by atoms with Crippen LogP contribution >= 0.6 is 0 Å². The molecule has 0 saturated carbocycles. The van der Waals surface area contributed by atoms with E-state index in [4.69, 9.17) is 1.37 Å². The first-order chi connectivity index (χ1) is 3.43. The summed E-state index contributed by atoms with van der Waals surface area (Å²) in [5, 5.41) is 3.76. The second-order valence-electron chi connectivity index (χ2n) is 1.05. The van der Waals surface area contributed by atoms with Crippen LogP contribution in [0.5, 0.6) is 0 Å². The van der Waals surface area contributed by atoms with Crippen LogP contribution in [0.3, 0.4) is 0 Å². The molecule has 0 amide bonds. The van der Waals surface area contributed by atoms with E-state index in [0.29, 0.717) is 0 Å². The third-order valence-corrected chi connectivity index (χ3v) is 0.559. The lowest BCUT2D eigenvalue weighted by atomic mass is 10.8. The number of nitrogens with zero attached hydrogens (tertiary/aromatic N) is 2. The molecule has 1 aromatic heterocycles. The molecule has 0 spiro atoms. The number of aromatic nitrogens is 2. The van der Waals surface area contributed by atoms with Gasteiger partial charge in [0.2, 0.25) is 0 Å². The Balaban J connectivity index is 2.76. The maximum atomic E-state index is 6.76. The second kappa shape index (κ2) is 1.12. The molecule has 2 heteroatoms. The molecular formula is C4H6N2. The van der Waals surface area contributed by atoms with Crippen molar-refractivity contribution in [1.29, 1.82) is 0 Å². The number of aryl methyl sites for hydroxylation is 1. The third kappa shape index (κ3) is 0.407. The summed E-state index contributed by atoms with van der Waals surface area (Å²) < 4.78 is 8.30. The van der Waals surface area contributed by atoms with Gasteiger partial charge < -0.3 is 0 Å². The normalized spacial score (nSPS) is 11.0. The molecule has 0 atom stereocenters. The van der Waals surface area contributed by atoms with Crippen LogP contribution in [-0.4, -0.2) is 9.78 Å². The topological polar surface area (TPSA) is 17.8 Å². The monoisotopic (exact) mass is 83.1 g/mol. The summed E-state index contributed by atoms with van der Waals surface area (Å²) in [6, 6.07) is 1.80. The van der Waals surface area contributed by atoms with Gasteiger partial charge in [-0.2, -0.15) is 5.10 Å². The predicted octanol–water partition coefficient (Wildman–Crippen LogP) is 0.420. The molecule has 6 heavy (non-hydrogen) atoms. The van der Waals surface area contributed by atoms with Gasteiger partial charge >= 0.3 is 0 Å². The van der Waals surface area contributed by atoms with Gasteiger partial charge in [-0.3, -0.25) is 4.68 Å². The molecule has 1 aromatic rings. The minimum absolute atomic E-state index is 0.215. The summed E-state index contributed by atoms with van der Waals surface area (Å²) in [5.74, 6) is 0. The third-order valence-electron chi connectivity index (χ3n) is 0.559. The zero-order chi connectivity index (χ0) is 5.11. The van der Waals surface area contributed by atoms with Crippen molar-refractivity contribution in [2.75, 3.05) is 0 Å². The van der Waals surface area contributed by atoms with Gasteiger partial charge in [0, 0.05) is 20.8 Å². The molecule has 0 aliphatic rings. The molecule has 32 valence electrons. The lowest BCUT2D eigenvalue weighted by molar-refractivity contribution is 0.768. The zero-order valence-corrected chi connectivity index (χ0v) is 3.33. The van der Waals surface area contributed by atoms with Gasteiger partial charge in [0.05, 0.1) is 0 Å². The summed E-state index contributed by atoms with van der Waals surface area (Å²) in [4.78, 5) is 0. The van der Waals surface area contributed by atoms with Crippen molar-refractivity contribution in [3.05, 3.63) is 18.5 Å². The molecule has 0 radical (unpaired) electrons. The minimum atomic E-state index is 0.215. The SMILES string of the molecule is [2H]Cn1cccn1. The summed E-state index contributed by atoms with van der Waals surface area (Å²) in [6.07, 6.45) is 3.42. The summed E-state index contributed by atoms with van der Waals surface area (Å²) >= 11 is 0. The van der Waals surface area contributed by atoms with Crippen LogP contribution < -0.4 is 0 Å². The second-order valence-corrected chi connectivity index (χ2v) is 1.05. The standard InChI is InChI=1S/C4H6N2/c1-6-4-2-3-5-6/h2-4H,1H3/i1D. The van der Waals surface area contributed by atoms with E-state index in [0.717, 1.165) is 0 Å². The lowest BCUT2D eigenvalue weighted by Gasteiger charge is -1.77. The van der Waals surface area contributed by atoms with E-state index in [-0.39, 0.29) is 7.02 Å². The van der Waals surface area contributed by atoms with E-state index in [2.05, 4.69) is 5.10 Å². The van der Waals surface area contributed by atoms with Crippen molar-refractivity contribution in [1.82, 2.24) is 9.78 Å². The van der Waals surface area contributed by atoms with Gasteiger partial charge in [-0.1, -0.05) is 0 Å². The minimum Gasteiger partial charge on any atom is -0.276 e. The number of rotatable bonds is 0. The Morgan fingerprint density at radius 3 is 3.33 bits per heavy atom. The highest BCUT2D eigenvalue weighted by Gasteiger charge is 1.69. The van der Waals surface area contributed by atoms with Crippen LogP contribution in [0.25, 0.3) is 0 Å². The fourth-order valence-electron chi connectivity index (χ4n) is 0.300. The Morgan fingerprint density at radius 1 is 2.00 bits per heavy atom. The Labute approximate surface area is 37.8 Å². The Kier molecular flexibility index (Phi) is 0.449. The molecule has 0 N–H and O–H groups in total. The van der Waals surface area contributed by atoms with Crippen molar-refractivity contribution in [2.24, 2.45) is 7.02 Å². The average molecular weight is 83.1 g/mol. The Bertz CT molecular complexity index is 124. The van der Waals surface area contributed by atoms with Gasteiger partial charge in [0.1, 0.15) is 0 Å². The zero-order valence-electron chi connectivity index (χ0n) is 4.33. The molecule has 0 bridgehead atoms. The molecular weight excluding hydrogens is 76.1 g/mol. The average Bonchev–Trinajstić information content (AvgIpc) is 2.14. The maximum Gasteiger partial charge on any atom is 0.0489 e. The highest BCUT2D eigenvalue weighted by Crippen LogP contribution is 1.73. The quantitative estimate of drug-likeness (QED) is 0.444. The number of hydrogen-bond acceptors (Lipinski definition) is 1. The maximum absolute atomic E-state index is 6.76. The van der Waals surface area contributed by atoms with Gasteiger partial charge in [0.25, 0.3) is 0 Å².